The van der Waals surface area contributed by atoms with E-state index in [2.05, 4.69) is 15.2 Å². The maximum absolute atomic E-state index is 13.3. The summed E-state index contributed by atoms with van der Waals surface area (Å²) in [4.78, 5) is 16.6. The van der Waals surface area contributed by atoms with Crippen molar-refractivity contribution in [1.29, 1.82) is 0 Å². The van der Waals surface area contributed by atoms with E-state index < -0.39 is 0 Å². The molecule has 6 nitrogen and oxygen atoms in total. The monoisotopic (exact) mass is 420 g/mol. The minimum atomic E-state index is -0.303. The quantitative estimate of drug-likeness (QED) is 0.332. The second-order valence-corrected chi connectivity index (χ2v) is 8.35. The first-order valence-electron chi connectivity index (χ1n) is 9.89. The topological polar surface area (TPSA) is 72.8 Å². The maximum atomic E-state index is 13.3. The highest BCUT2D eigenvalue weighted by Gasteiger charge is 2.25. The lowest BCUT2D eigenvalue weighted by atomic mass is 10.1. The molecule has 30 heavy (non-hydrogen) atoms. The molecule has 1 atom stereocenters. The number of aromatic nitrogens is 4. The minimum absolute atomic E-state index is 0.0828. The normalized spacial score (nSPS) is 12.3. The van der Waals surface area contributed by atoms with Crippen LogP contribution in [0.1, 0.15) is 29.9 Å². The summed E-state index contributed by atoms with van der Waals surface area (Å²) in [7, 11) is 1.64. The van der Waals surface area contributed by atoms with Crippen LogP contribution in [0.5, 0.6) is 5.75 Å². The fraction of sp³-hybridized carbons (Fsp3) is 0.261. The molecule has 0 aliphatic carbocycles. The van der Waals surface area contributed by atoms with E-state index in [4.69, 9.17) is 4.74 Å². The third-order valence-electron chi connectivity index (χ3n) is 5.17. The summed E-state index contributed by atoms with van der Waals surface area (Å²) in [6.07, 6.45) is 0. The molecule has 0 spiro atoms. The Morgan fingerprint density at radius 1 is 1.17 bits per heavy atom. The van der Waals surface area contributed by atoms with Crippen molar-refractivity contribution < 1.29 is 9.53 Å². The van der Waals surface area contributed by atoms with Gasteiger partial charge in [-0.2, -0.15) is 0 Å². The summed E-state index contributed by atoms with van der Waals surface area (Å²) in [5.74, 6) is 1.56. The lowest BCUT2D eigenvalue weighted by Crippen LogP contribution is -2.15. The first kappa shape index (κ1) is 20.2. The Morgan fingerprint density at radius 3 is 2.67 bits per heavy atom. The van der Waals surface area contributed by atoms with Gasteiger partial charge in [0.2, 0.25) is 0 Å². The number of carbonyl (C=O) groups is 1. The highest BCUT2D eigenvalue weighted by Crippen LogP contribution is 2.33. The van der Waals surface area contributed by atoms with Gasteiger partial charge in [0.1, 0.15) is 5.75 Å². The molecule has 0 saturated carbocycles. The average Bonchev–Trinajstić information content (AvgIpc) is 3.32. The van der Waals surface area contributed by atoms with Gasteiger partial charge in [-0.1, -0.05) is 42.1 Å². The summed E-state index contributed by atoms with van der Waals surface area (Å²) in [6.45, 7) is 6.60. The number of ether oxygens (including phenoxy) is 1. The van der Waals surface area contributed by atoms with Crippen molar-refractivity contribution in [2.24, 2.45) is 0 Å². The van der Waals surface area contributed by atoms with Gasteiger partial charge >= 0.3 is 0 Å². The predicted molar refractivity (Wildman–Crippen MR) is 120 cm³/mol. The summed E-state index contributed by atoms with van der Waals surface area (Å²) < 4.78 is 7.51. The van der Waals surface area contributed by atoms with Gasteiger partial charge in [-0.25, -0.2) is 0 Å². The molecule has 0 unspecified atom stereocenters. The Kier molecular flexibility index (Phi) is 5.63. The van der Waals surface area contributed by atoms with Gasteiger partial charge in [0.05, 0.1) is 17.9 Å². The van der Waals surface area contributed by atoms with Crippen LogP contribution in [0.15, 0.2) is 53.7 Å². The predicted octanol–water partition coefficient (Wildman–Crippen LogP) is 5.13. The summed E-state index contributed by atoms with van der Waals surface area (Å²) in [5, 5.41) is 10.2. The Morgan fingerprint density at radius 2 is 1.90 bits per heavy atom. The molecule has 2 aromatic heterocycles. The number of H-pyrrole nitrogens is 1. The summed E-state index contributed by atoms with van der Waals surface area (Å²) in [6, 6.07) is 15.6. The number of fused-ring (bicyclic) bond motifs is 1. The summed E-state index contributed by atoms with van der Waals surface area (Å²) in [5.41, 5.74) is 3.50. The molecule has 0 radical (unpaired) electrons. The SMILES string of the molecule is CCn1c(S[C@@H](C)C(=O)c2c(C)[nH]c3ccccc23)nnc1-c1ccccc1OC. The van der Waals surface area contributed by atoms with Crippen LogP contribution in [-0.4, -0.2) is 37.9 Å². The molecule has 0 fully saturated rings. The third kappa shape index (κ3) is 3.50. The second kappa shape index (κ2) is 8.36. The molecule has 0 saturated heterocycles. The first-order chi connectivity index (χ1) is 14.5. The number of aromatic amines is 1. The number of nitrogens with one attached hydrogen (secondary N) is 1. The van der Waals surface area contributed by atoms with E-state index in [1.807, 2.05) is 73.9 Å². The molecule has 0 aliphatic heterocycles. The number of methoxy groups -OCH3 is 1. The van der Waals surface area contributed by atoms with Crippen LogP contribution in [0.4, 0.5) is 0 Å². The smallest absolute Gasteiger partial charge is 0.192 e. The number of benzene rings is 2. The standard InChI is InChI=1S/C23H24N4O2S/c1-5-27-22(17-11-7-9-13-19(17)29-4)25-26-23(27)30-15(3)21(28)20-14(2)24-18-12-8-6-10-16(18)20/h6-13,15,24H,5H2,1-4H3/t15-/m0/s1. The van der Waals surface area contributed by atoms with Crippen molar-refractivity contribution >= 4 is 28.4 Å². The van der Waals surface area contributed by atoms with E-state index in [0.717, 1.165) is 44.5 Å². The third-order valence-corrected chi connectivity index (χ3v) is 6.25. The molecule has 7 heteroatoms. The van der Waals surface area contributed by atoms with E-state index in [0.29, 0.717) is 6.54 Å². The van der Waals surface area contributed by atoms with E-state index in [1.165, 1.54) is 11.8 Å². The molecule has 0 bridgehead atoms. The van der Waals surface area contributed by atoms with Gasteiger partial charge in [0.25, 0.3) is 0 Å². The number of ketones is 1. The Labute approximate surface area is 179 Å². The Balaban J connectivity index is 1.65. The summed E-state index contributed by atoms with van der Waals surface area (Å²) >= 11 is 1.43. The molecule has 1 N–H and O–H groups in total. The van der Waals surface area contributed by atoms with E-state index in [9.17, 15) is 4.79 Å². The molecule has 0 aliphatic rings. The fourth-order valence-corrected chi connectivity index (χ4v) is 4.67. The van der Waals surface area contributed by atoms with Crippen LogP contribution in [0.2, 0.25) is 0 Å². The van der Waals surface area contributed by atoms with Crippen LogP contribution in [0, 0.1) is 6.92 Å². The highest BCUT2D eigenvalue weighted by atomic mass is 32.2. The number of Topliss-reactive ketones (excluding diaryl/α,β-unsaturated/α-hetero) is 1. The fourth-order valence-electron chi connectivity index (χ4n) is 3.70. The zero-order valence-corrected chi connectivity index (χ0v) is 18.3. The zero-order chi connectivity index (χ0) is 21.3. The molecule has 2 heterocycles. The van der Waals surface area contributed by atoms with Gasteiger partial charge in [0.15, 0.2) is 16.8 Å². The molecule has 154 valence electrons. The molecule has 2 aromatic carbocycles. The zero-order valence-electron chi connectivity index (χ0n) is 17.5. The number of rotatable bonds is 7. The van der Waals surface area contributed by atoms with E-state index in [-0.39, 0.29) is 11.0 Å². The van der Waals surface area contributed by atoms with Gasteiger partial charge in [-0.05, 0) is 39.0 Å². The minimum Gasteiger partial charge on any atom is -0.496 e. The number of hydrogen-bond donors (Lipinski definition) is 1. The maximum Gasteiger partial charge on any atom is 0.192 e. The van der Waals surface area contributed by atoms with Crippen molar-refractivity contribution in [2.75, 3.05) is 7.11 Å². The number of carbonyl (C=O) groups excluding carboxylic acids is 1. The number of thioether (sulfide) groups is 1. The average molecular weight is 421 g/mol. The van der Waals surface area contributed by atoms with E-state index in [1.54, 1.807) is 7.11 Å². The van der Waals surface area contributed by atoms with Crippen molar-refractivity contribution in [1.82, 2.24) is 19.7 Å². The molecule has 4 aromatic rings. The highest BCUT2D eigenvalue weighted by molar-refractivity contribution is 8.00. The van der Waals surface area contributed by atoms with Gasteiger partial charge < -0.3 is 14.3 Å². The molecular formula is C23H24N4O2S. The van der Waals surface area contributed by atoms with Crippen LogP contribution in [0.25, 0.3) is 22.3 Å². The lowest BCUT2D eigenvalue weighted by molar-refractivity contribution is 0.0995. The molecular weight excluding hydrogens is 396 g/mol. The molecule has 4 rings (SSSR count). The van der Waals surface area contributed by atoms with Gasteiger partial charge in [-0.3, -0.25) is 4.79 Å². The van der Waals surface area contributed by atoms with Crippen molar-refractivity contribution in [3.63, 3.8) is 0 Å². The number of nitrogens with zero attached hydrogens (tertiary/aromatic N) is 3. The van der Waals surface area contributed by atoms with Crippen molar-refractivity contribution in [3.05, 3.63) is 59.8 Å². The second-order valence-electron chi connectivity index (χ2n) is 7.05. The Bertz CT molecular complexity index is 1210. The van der Waals surface area contributed by atoms with E-state index >= 15 is 0 Å². The van der Waals surface area contributed by atoms with Crippen molar-refractivity contribution in [3.8, 4) is 17.1 Å². The number of para-hydroxylation sites is 2. The van der Waals surface area contributed by atoms with Gasteiger partial charge in [0, 0.05) is 28.7 Å². The largest absolute Gasteiger partial charge is 0.496 e. The van der Waals surface area contributed by atoms with Gasteiger partial charge in [-0.15, -0.1) is 10.2 Å². The number of aryl methyl sites for hydroxylation is 1. The number of hydrogen-bond acceptors (Lipinski definition) is 5. The van der Waals surface area contributed by atoms with Crippen molar-refractivity contribution in [2.45, 2.75) is 37.7 Å². The lowest BCUT2D eigenvalue weighted by Gasteiger charge is -2.13. The van der Waals surface area contributed by atoms with Crippen LogP contribution >= 0.6 is 11.8 Å². The van der Waals surface area contributed by atoms with Crippen LogP contribution in [0.3, 0.4) is 0 Å². The van der Waals surface area contributed by atoms with Crippen LogP contribution in [-0.2, 0) is 6.54 Å². The van der Waals surface area contributed by atoms with Crippen LogP contribution < -0.4 is 4.74 Å². The first-order valence-corrected chi connectivity index (χ1v) is 10.8. The Hall–Kier alpha value is -3.06. The molecule has 0 amide bonds.